The lowest BCUT2D eigenvalue weighted by atomic mass is 9.53. The van der Waals surface area contributed by atoms with E-state index in [1.54, 1.807) is 13.2 Å². The van der Waals surface area contributed by atoms with E-state index in [4.69, 9.17) is 14.0 Å². The molecule has 0 saturated heterocycles. The fraction of sp³-hybridized carbons (Fsp3) is 0.538. The summed E-state index contributed by atoms with van der Waals surface area (Å²) in [7, 11) is 1.62. The highest BCUT2D eigenvalue weighted by Gasteiger charge is 2.51. The van der Waals surface area contributed by atoms with Crippen molar-refractivity contribution in [1.82, 2.24) is 10.5 Å². The van der Waals surface area contributed by atoms with Crippen LogP contribution in [0.3, 0.4) is 0 Å². The minimum absolute atomic E-state index is 0.00431. The van der Waals surface area contributed by atoms with Crippen molar-refractivity contribution in [1.29, 1.82) is 0 Å². The van der Waals surface area contributed by atoms with Gasteiger partial charge in [-0.2, -0.15) is 0 Å². The van der Waals surface area contributed by atoms with Gasteiger partial charge in [-0.1, -0.05) is 11.2 Å². The molecule has 32 heavy (non-hydrogen) atoms. The Kier molecular flexibility index (Phi) is 5.48. The number of benzene rings is 1. The number of aromatic nitrogens is 1. The van der Waals surface area contributed by atoms with Crippen LogP contribution in [-0.2, 0) is 11.4 Å². The maximum absolute atomic E-state index is 12.8. The predicted octanol–water partition coefficient (Wildman–Crippen LogP) is 4.98. The van der Waals surface area contributed by atoms with Crippen molar-refractivity contribution < 1.29 is 18.8 Å². The molecule has 4 aliphatic rings. The van der Waals surface area contributed by atoms with Gasteiger partial charge in [-0.3, -0.25) is 4.79 Å². The summed E-state index contributed by atoms with van der Waals surface area (Å²) in [6.07, 6.45) is 11.1. The van der Waals surface area contributed by atoms with Crippen LogP contribution >= 0.6 is 0 Å². The van der Waals surface area contributed by atoms with Gasteiger partial charge in [-0.05, 0) is 93.9 Å². The highest BCUT2D eigenvalue weighted by atomic mass is 16.5. The number of nitrogens with one attached hydrogen (secondary N) is 1. The average molecular weight is 437 g/mol. The first-order valence-electron chi connectivity index (χ1n) is 11.7. The smallest absolute Gasteiger partial charge is 0.244 e. The number of aryl methyl sites for hydroxylation is 2. The van der Waals surface area contributed by atoms with Crippen molar-refractivity contribution in [3.8, 4) is 11.5 Å². The Labute approximate surface area is 189 Å². The summed E-state index contributed by atoms with van der Waals surface area (Å²) >= 11 is 0. The van der Waals surface area contributed by atoms with Gasteiger partial charge in [0.2, 0.25) is 5.91 Å². The van der Waals surface area contributed by atoms with Crippen LogP contribution in [0, 0.1) is 31.6 Å². The number of amides is 1. The van der Waals surface area contributed by atoms with E-state index in [1.807, 2.05) is 38.1 Å². The van der Waals surface area contributed by atoms with Crippen LogP contribution in [0.2, 0.25) is 0 Å². The molecule has 4 fully saturated rings. The molecule has 6 rings (SSSR count). The van der Waals surface area contributed by atoms with Gasteiger partial charge in [-0.15, -0.1) is 0 Å². The van der Waals surface area contributed by atoms with Crippen LogP contribution in [0.5, 0.6) is 11.5 Å². The van der Waals surface area contributed by atoms with Gasteiger partial charge in [-0.25, -0.2) is 0 Å². The summed E-state index contributed by atoms with van der Waals surface area (Å²) in [6, 6.07) is 5.69. The van der Waals surface area contributed by atoms with E-state index in [2.05, 4.69) is 10.5 Å². The van der Waals surface area contributed by atoms with Crippen LogP contribution in [-0.4, -0.2) is 23.7 Å². The minimum atomic E-state index is 0.00431. The molecule has 1 amide bonds. The number of nitrogens with zero attached hydrogens (tertiary/aromatic N) is 1. The summed E-state index contributed by atoms with van der Waals surface area (Å²) in [4.78, 5) is 12.8. The zero-order valence-electron chi connectivity index (χ0n) is 19.1. The van der Waals surface area contributed by atoms with E-state index in [-0.39, 0.29) is 11.4 Å². The van der Waals surface area contributed by atoms with Gasteiger partial charge < -0.3 is 19.3 Å². The number of ether oxygens (including phenoxy) is 2. The van der Waals surface area contributed by atoms with E-state index in [0.29, 0.717) is 18.1 Å². The summed E-state index contributed by atoms with van der Waals surface area (Å²) < 4.78 is 16.7. The van der Waals surface area contributed by atoms with Gasteiger partial charge in [0, 0.05) is 11.6 Å². The third kappa shape index (κ3) is 4.15. The highest BCUT2D eigenvalue weighted by molar-refractivity contribution is 5.92. The van der Waals surface area contributed by atoms with Gasteiger partial charge in [0.15, 0.2) is 11.5 Å². The fourth-order valence-corrected chi connectivity index (χ4v) is 6.50. The molecule has 0 spiro atoms. The van der Waals surface area contributed by atoms with Crippen molar-refractivity contribution in [2.24, 2.45) is 17.8 Å². The van der Waals surface area contributed by atoms with Crippen molar-refractivity contribution in [2.75, 3.05) is 7.11 Å². The molecule has 1 aromatic heterocycles. The lowest BCUT2D eigenvalue weighted by molar-refractivity contribution is -0.122. The van der Waals surface area contributed by atoms with Crippen molar-refractivity contribution >= 4 is 12.0 Å². The SMILES string of the molecule is COc1cc(/C=C/C(=O)NC23CC4CC(CC(C4)C2)C3)ccc1OCc1c(C)noc1C. The molecule has 0 radical (unpaired) electrons. The molecule has 4 saturated carbocycles. The molecule has 1 aromatic carbocycles. The average Bonchev–Trinajstić information content (AvgIpc) is 3.07. The standard InChI is InChI=1S/C26H32N2O4/c1-16-22(17(2)32-28-16)15-31-23-6-4-18(11-24(23)30-3)5-7-25(29)27-26-12-19-8-20(13-26)10-21(9-19)14-26/h4-7,11,19-21H,8-10,12-15H2,1-3H3,(H,27,29)/b7-5+. The molecule has 170 valence electrons. The molecule has 2 aromatic rings. The van der Waals surface area contributed by atoms with Crippen LogP contribution in [0.4, 0.5) is 0 Å². The van der Waals surface area contributed by atoms with Gasteiger partial charge >= 0.3 is 0 Å². The molecule has 0 aliphatic heterocycles. The Bertz CT molecular complexity index is 984. The zero-order chi connectivity index (χ0) is 22.3. The number of carbonyl (C=O) groups is 1. The molecular weight excluding hydrogens is 404 g/mol. The van der Waals surface area contributed by atoms with Crippen LogP contribution in [0.1, 0.15) is 61.1 Å². The second kappa shape index (κ2) is 8.30. The summed E-state index contributed by atoms with van der Waals surface area (Å²) in [6.45, 7) is 4.13. The van der Waals surface area contributed by atoms with E-state index in [1.165, 1.54) is 19.3 Å². The van der Waals surface area contributed by atoms with E-state index >= 15 is 0 Å². The second-order valence-corrected chi connectivity index (χ2v) is 10.0. The van der Waals surface area contributed by atoms with E-state index < -0.39 is 0 Å². The van der Waals surface area contributed by atoms with Crippen molar-refractivity contribution in [3.05, 3.63) is 46.9 Å². The number of hydrogen-bond donors (Lipinski definition) is 1. The zero-order valence-corrected chi connectivity index (χ0v) is 19.1. The Morgan fingerprint density at radius 1 is 1.16 bits per heavy atom. The quantitative estimate of drug-likeness (QED) is 0.620. The summed E-state index contributed by atoms with van der Waals surface area (Å²) in [5.74, 6) is 4.46. The number of methoxy groups -OCH3 is 1. The van der Waals surface area contributed by atoms with Gasteiger partial charge in [0.25, 0.3) is 0 Å². The Hall–Kier alpha value is -2.76. The Balaban J connectivity index is 1.23. The lowest BCUT2D eigenvalue weighted by Gasteiger charge is -2.56. The molecule has 1 heterocycles. The molecule has 1 N–H and O–H groups in total. The highest BCUT2D eigenvalue weighted by Crippen LogP contribution is 2.55. The lowest BCUT2D eigenvalue weighted by Crippen LogP contribution is -2.59. The first-order valence-corrected chi connectivity index (χ1v) is 11.7. The molecule has 4 bridgehead atoms. The molecular formula is C26H32N2O4. The van der Waals surface area contributed by atoms with Crippen LogP contribution in [0.15, 0.2) is 28.8 Å². The second-order valence-electron chi connectivity index (χ2n) is 10.0. The maximum Gasteiger partial charge on any atom is 0.244 e. The van der Waals surface area contributed by atoms with E-state index in [9.17, 15) is 4.79 Å². The molecule has 0 unspecified atom stereocenters. The molecule has 6 heteroatoms. The molecule has 6 nitrogen and oxygen atoms in total. The van der Waals surface area contributed by atoms with E-state index in [0.717, 1.165) is 59.6 Å². The van der Waals surface area contributed by atoms with Crippen molar-refractivity contribution in [2.45, 2.75) is 64.5 Å². The van der Waals surface area contributed by atoms with Crippen molar-refractivity contribution in [3.63, 3.8) is 0 Å². The largest absolute Gasteiger partial charge is 0.493 e. The third-order valence-corrected chi connectivity index (χ3v) is 7.59. The first kappa shape index (κ1) is 21.1. The monoisotopic (exact) mass is 436 g/mol. The first-order chi connectivity index (χ1) is 15.4. The van der Waals surface area contributed by atoms with Gasteiger partial charge in [0.05, 0.1) is 18.4 Å². The van der Waals surface area contributed by atoms with Gasteiger partial charge in [0.1, 0.15) is 12.4 Å². The Morgan fingerprint density at radius 2 is 1.84 bits per heavy atom. The third-order valence-electron chi connectivity index (χ3n) is 7.59. The Morgan fingerprint density at radius 3 is 2.44 bits per heavy atom. The normalized spacial score (nSPS) is 28.3. The summed E-state index contributed by atoms with van der Waals surface area (Å²) in [5.41, 5.74) is 2.69. The summed E-state index contributed by atoms with van der Waals surface area (Å²) in [5, 5.41) is 7.34. The fourth-order valence-electron chi connectivity index (χ4n) is 6.50. The number of rotatable bonds is 7. The molecule has 0 atom stereocenters. The predicted molar refractivity (Wildman–Crippen MR) is 121 cm³/mol. The topological polar surface area (TPSA) is 73.6 Å². The molecule has 4 aliphatic carbocycles. The minimum Gasteiger partial charge on any atom is -0.493 e. The van der Waals surface area contributed by atoms with Crippen LogP contribution < -0.4 is 14.8 Å². The maximum atomic E-state index is 12.8. The number of carbonyl (C=O) groups excluding carboxylic acids is 1. The van der Waals surface area contributed by atoms with Crippen LogP contribution in [0.25, 0.3) is 6.08 Å². The number of hydrogen-bond acceptors (Lipinski definition) is 5.